The average molecular weight is 228 g/mol. The summed E-state index contributed by atoms with van der Waals surface area (Å²) in [6.45, 7) is 6.41. The van der Waals surface area contributed by atoms with Crippen molar-refractivity contribution in [3.63, 3.8) is 0 Å². The molecular formula is C13H28N2O. The molecule has 2 atom stereocenters. The average Bonchev–Trinajstić information content (AvgIpc) is 2.29. The van der Waals surface area contributed by atoms with E-state index in [9.17, 15) is 0 Å². The summed E-state index contributed by atoms with van der Waals surface area (Å²) in [6.07, 6.45) is 5.55. The molecule has 1 aliphatic carbocycles. The molecule has 0 radical (unpaired) electrons. The first kappa shape index (κ1) is 13.9. The van der Waals surface area contributed by atoms with E-state index in [1.807, 2.05) is 0 Å². The molecule has 1 rings (SSSR count). The molecule has 0 bridgehead atoms. The van der Waals surface area contributed by atoms with Gasteiger partial charge in [0, 0.05) is 26.2 Å². The Labute approximate surface area is 101 Å². The third-order valence-electron chi connectivity index (χ3n) is 3.60. The molecule has 0 aliphatic heterocycles. The number of nitrogens with zero attached hydrogens (tertiary/aromatic N) is 1. The van der Waals surface area contributed by atoms with E-state index in [4.69, 9.17) is 4.74 Å². The number of hydrogen-bond acceptors (Lipinski definition) is 3. The first-order valence-electron chi connectivity index (χ1n) is 6.68. The van der Waals surface area contributed by atoms with E-state index in [2.05, 4.69) is 24.2 Å². The van der Waals surface area contributed by atoms with Gasteiger partial charge in [-0.2, -0.15) is 0 Å². The van der Waals surface area contributed by atoms with E-state index < -0.39 is 0 Å². The van der Waals surface area contributed by atoms with Crippen LogP contribution < -0.4 is 5.32 Å². The number of methoxy groups -OCH3 is 1. The molecule has 1 fully saturated rings. The van der Waals surface area contributed by atoms with Crippen molar-refractivity contribution in [2.24, 2.45) is 5.92 Å². The van der Waals surface area contributed by atoms with Crippen LogP contribution in [0.25, 0.3) is 0 Å². The van der Waals surface area contributed by atoms with Crippen LogP contribution in [0.1, 0.15) is 32.6 Å². The number of likely N-dealkylation sites (N-methyl/N-ethyl adjacent to an activating group) is 1. The third-order valence-corrected chi connectivity index (χ3v) is 3.60. The summed E-state index contributed by atoms with van der Waals surface area (Å²) in [5.41, 5.74) is 0. The lowest BCUT2D eigenvalue weighted by Crippen LogP contribution is -2.43. The Hall–Kier alpha value is -0.120. The van der Waals surface area contributed by atoms with Crippen LogP contribution in [0.2, 0.25) is 0 Å². The maximum absolute atomic E-state index is 5.12. The maximum atomic E-state index is 5.12. The van der Waals surface area contributed by atoms with Gasteiger partial charge in [-0.3, -0.25) is 0 Å². The zero-order valence-electron chi connectivity index (χ0n) is 11.2. The van der Waals surface area contributed by atoms with Crippen LogP contribution in [-0.2, 0) is 4.74 Å². The molecule has 0 aromatic carbocycles. The van der Waals surface area contributed by atoms with Gasteiger partial charge in [-0.15, -0.1) is 0 Å². The number of hydrogen-bond donors (Lipinski definition) is 1. The van der Waals surface area contributed by atoms with Gasteiger partial charge in [0.1, 0.15) is 0 Å². The fourth-order valence-electron chi connectivity index (χ4n) is 2.70. The van der Waals surface area contributed by atoms with Gasteiger partial charge in [-0.05, 0) is 32.4 Å². The predicted molar refractivity (Wildman–Crippen MR) is 68.8 cm³/mol. The second kappa shape index (κ2) is 8.04. The van der Waals surface area contributed by atoms with Crippen LogP contribution in [0.3, 0.4) is 0 Å². The second-order valence-electron chi connectivity index (χ2n) is 4.96. The largest absolute Gasteiger partial charge is 0.383 e. The van der Waals surface area contributed by atoms with E-state index in [0.29, 0.717) is 0 Å². The summed E-state index contributed by atoms with van der Waals surface area (Å²) in [7, 11) is 3.98. The highest BCUT2D eigenvalue weighted by Gasteiger charge is 2.24. The Morgan fingerprint density at radius 2 is 2.06 bits per heavy atom. The van der Waals surface area contributed by atoms with Gasteiger partial charge in [0.15, 0.2) is 0 Å². The molecule has 1 aliphatic rings. The van der Waals surface area contributed by atoms with Crippen LogP contribution in [0, 0.1) is 5.92 Å². The molecule has 0 saturated heterocycles. The highest BCUT2D eigenvalue weighted by molar-refractivity contribution is 4.82. The van der Waals surface area contributed by atoms with E-state index >= 15 is 0 Å². The van der Waals surface area contributed by atoms with Gasteiger partial charge < -0.3 is 15.0 Å². The molecule has 16 heavy (non-hydrogen) atoms. The van der Waals surface area contributed by atoms with Crippen molar-refractivity contribution in [1.29, 1.82) is 0 Å². The fraction of sp³-hybridized carbons (Fsp3) is 1.00. The van der Waals surface area contributed by atoms with Gasteiger partial charge in [0.25, 0.3) is 0 Å². The normalized spacial score (nSPS) is 26.2. The van der Waals surface area contributed by atoms with Crippen molar-refractivity contribution in [1.82, 2.24) is 10.2 Å². The summed E-state index contributed by atoms with van der Waals surface area (Å²) in [6, 6.07) is 0.740. The number of ether oxygens (including phenoxy) is 1. The molecule has 3 nitrogen and oxygen atoms in total. The lowest BCUT2D eigenvalue weighted by atomic mass is 9.84. The standard InChI is InChI=1S/C13H28N2O/c1-4-14-13-8-6-5-7-12(13)11-15(2)9-10-16-3/h12-14H,4-11H2,1-3H3. The third kappa shape index (κ3) is 4.81. The molecule has 0 spiro atoms. The molecule has 0 aromatic rings. The number of nitrogens with one attached hydrogen (secondary N) is 1. The first-order valence-corrected chi connectivity index (χ1v) is 6.68. The van der Waals surface area contributed by atoms with Gasteiger partial charge in [-0.25, -0.2) is 0 Å². The zero-order chi connectivity index (χ0) is 11.8. The van der Waals surface area contributed by atoms with Crippen LogP contribution in [0.5, 0.6) is 0 Å². The topological polar surface area (TPSA) is 24.5 Å². The summed E-state index contributed by atoms with van der Waals surface area (Å²) in [5, 5.41) is 3.64. The molecule has 1 N–H and O–H groups in total. The van der Waals surface area contributed by atoms with Crippen molar-refractivity contribution in [2.75, 3.05) is 40.4 Å². The molecule has 2 unspecified atom stereocenters. The summed E-state index contributed by atoms with van der Waals surface area (Å²) in [5.74, 6) is 0.829. The van der Waals surface area contributed by atoms with Crippen molar-refractivity contribution in [2.45, 2.75) is 38.6 Å². The Balaban J connectivity index is 2.30. The van der Waals surface area contributed by atoms with E-state index in [0.717, 1.165) is 31.7 Å². The fourth-order valence-corrected chi connectivity index (χ4v) is 2.70. The predicted octanol–water partition coefficient (Wildman–Crippen LogP) is 1.73. The van der Waals surface area contributed by atoms with Crippen LogP contribution in [-0.4, -0.2) is 51.3 Å². The van der Waals surface area contributed by atoms with E-state index in [-0.39, 0.29) is 0 Å². The zero-order valence-corrected chi connectivity index (χ0v) is 11.2. The Bertz CT molecular complexity index is 173. The van der Waals surface area contributed by atoms with Crippen molar-refractivity contribution < 1.29 is 4.74 Å². The van der Waals surface area contributed by atoms with Crippen LogP contribution in [0.15, 0.2) is 0 Å². The monoisotopic (exact) mass is 228 g/mol. The SMILES string of the molecule is CCNC1CCCCC1CN(C)CCOC. The van der Waals surface area contributed by atoms with Gasteiger partial charge in [0.2, 0.25) is 0 Å². The Morgan fingerprint density at radius 3 is 2.75 bits per heavy atom. The summed E-state index contributed by atoms with van der Waals surface area (Å²) in [4.78, 5) is 2.41. The molecule has 1 saturated carbocycles. The summed E-state index contributed by atoms with van der Waals surface area (Å²) >= 11 is 0. The minimum atomic E-state index is 0.740. The number of rotatable bonds is 7. The maximum Gasteiger partial charge on any atom is 0.0589 e. The van der Waals surface area contributed by atoms with Crippen LogP contribution >= 0.6 is 0 Å². The highest BCUT2D eigenvalue weighted by atomic mass is 16.5. The lowest BCUT2D eigenvalue weighted by molar-refractivity contribution is 0.135. The van der Waals surface area contributed by atoms with Gasteiger partial charge in [0.05, 0.1) is 6.61 Å². The Morgan fingerprint density at radius 1 is 1.31 bits per heavy atom. The summed E-state index contributed by atoms with van der Waals surface area (Å²) < 4.78 is 5.12. The van der Waals surface area contributed by atoms with E-state index in [1.165, 1.54) is 32.2 Å². The highest BCUT2D eigenvalue weighted by Crippen LogP contribution is 2.24. The smallest absolute Gasteiger partial charge is 0.0589 e. The van der Waals surface area contributed by atoms with Crippen molar-refractivity contribution >= 4 is 0 Å². The minimum Gasteiger partial charge on any atom is -0.383 e. The van der Waals surface area contributed by atoms with Crippen molar-refractivity contribution in [3.05, 3.63) is 0 Å². The molecule has 0 heterocycles. The quantitative estimate of drug-likeness (QED) is 0.718. The lowest BCUT2D eigenvalue weighted by Gasteiger charge is -2.34. The van der Waals surface area contributed by atoms with Crippen LogP contribution in [0.4, 0.5) is 0 Å². The molecular weight excluding hydrogens is 200 g/mol. The minimum absolute atomic E-state index is 0.740. The van der Waals surface area contributed by atoms with Crippen molar-refractivity contribution in [3.8, 4) is 0 Å². The molecule has 0 amide bonds. The molecule has 0 aromatic heterocycles. The molecule has 96 valence electrons. The first-order chi connectivity index (χ1) is 7.77. The van der Waals surface area contributed by atoms with E-state index in [1.54, 1.807) is 7.11 Å². The van der Waals surface area contributed by atoms with Gasteiger partial charge >= 0.3 is 0 Å². The molecule has 3 heteroatoms. The second-order valence-corrected chi connectivity index (χ2v) is 4.96. The van der Waals surface area contributed by atoms with Gasteiger partial charge in [-0.1, -0.05) is 19.8 Å². The Kier molecular flexibility index (Phi) is 7.01.